The monoisotopic (exact) mass is 380 g/mol. The van der Waals surface area contributed by atoms with Crippen LogP contribution in [0.5, 0.6) is 0 Å². The average molecular weight is 380 g/mol. The molecule has 1 aliphatic rings. The largest absolute Gasteiger partial charge is 0.334 e. The molecule has 0 aliphatic carbocycles. The minimum atomic E-state index is -0.455. The number of benzene rings is 2. The van der Waals surface area contributed by atoms with Gasteiger partial charge in [-0.1, -0.05) is 60.7 Å². The summed E-state index contributed by atoms with van der Waals surface area (Å²) in [6.07, 6.45) is 0. The molecule has 1 heterocycles. The molecule has 1 saturated heterocycles. The van der Waals surface area contributed by atoms with Gasteiger partial charge in [-0.05, 0) is 18.1 Å². The molecule has 3 rings (SSSR count). The summed E-state index contributed by atoms with van der Waals surface area (Å²) in [6.45, 7) is 6.62. The van der Waals surface area contributed by atoms with Crippen LogP contribution in [0.1, 0.15) is 18.1 Å². The fourth-order valence-corrected chi connectivity index (χ4v) is 3.35. The second-order valence-electron chi connectivity index (χ2n) is 7.13. The Bertz CT molecular complexity index is 759. The van der Waals surface area contributed by atoms with E-state index in [1.54, 1.807) is 0 Å². The number of nitrogens with one attached hydrogen (secondary N) is 2. The van der Waals surface area contributed by atoms with Gasteiger partial charge >= 0.3 is 6.03 Å². The molecule has 0 unspecified atom stereocenters. The third-order valence-corrected chi connectivity index (χ3v) is 5.12. The van der Waals surface area contributed by atoms with Crippen LogP contribution in [0.3, 0.4) is 0 Å². The van der Waals surface area contributed by atoms with Crippen LogP contribution >= 0.6 is 0 Å². The van der Waals surface area contributed by atoms with Crippen LogP contribution in [0, 0.1) is 0 Å². The Labute approximate surface area is 166 Å². The summed E-state index contributed by atoms with van der Waals surface area (Å²) in [6, 6.07) is 19.2. The first-order chi connectivity index (χ1) is 13.6. The zero-order chi connectivity index (χ0) is 19.8. The molecule has 0 saturated carbocycles. The lowest BCUT2D eigenvalue weighted by atomic mass is 10.1. The van der Waals surface area contributed by atoms with Crippen molar-refractivity contribution in [1.29, 1.82) is 0 Å². The second-order valence-corrected chi connectivity index (χ2v) is 7.13. The van der Waals surface area contributed by atoms with E-state index in [2.05, 4.69) is 44.7 Å². The summed E-state index contributed by atoms with van der Waals surface area (Å²) >= 11 is 0. The van der Waals surface area contributed by atoms with Crippen LogP contribution in [0.2, 0.25) is 0 Å². The number of carbonyl (C=O) groups is 2. The molecular weight excluding hydrogens is 352 g/mol. The normalized spacial score (nSPS) is 16.3. The average Bonchev–Trinajstić information content (AvgIpc) is 2.74. The molecule has 1 aliphatic heterocycles. The zero-order valence-corrected chi connectivity index (χ0v) is 16.3. The van der Waals surface area contributed by atoms with Gasteiger partial charge in [-0.15, -0.1) is 0 Å². The van der Waals surface area contributed by atoms with E-state index in [4.69, 9.17) is 0 Å². The van der Waals surface area contributed by atoms with Gasteiger partial charge in [-0.25, -0.2) is 4.79 Å². The molecule has 3 amide bonds. The molecule has 6 nitrogen and oxygen atoms in total. The Kier molecular flexibility index (Phi) is 7.17. The predicted octanol–water partition coefficient (Wildman–Crippen LogP) is 2.22. The van der Waals surface area contributed by atoms with Crippen molar-refractivity contribution in [3.05, 3.63) is 71.8 Å². The molecule has 1 fully saturated rings. The number of hydrogen-bond acceptors (Lipinski definition) is 4. The maximum atomic E-state index is 12.4. The van der Waals surface area contributed by atoms with Gasteiger partial charge in [0.05, 0.1) is 6.04 Å². The first kappa shape index (κ1) is 20.0. The first-order valence-electron chi connectivity index (χ1n) is 9.75. The fraction of sp³-hybridized carbons (Fsp3) is 0.364. The molecule has 148 valence electrons. The fourth-order valence-electron chi connectivity index (χ4n) is 3.35. The van der Waals surface area contributed by atoms with Gasteiger partial charge in [0.2, 0.25) is 5.91 Å². The summed E-state index contributed by atoms with van der Waals surface area (Å²) in [5.41, 5.74) is 2.30. The molecule has 2 N–H and O–H groups in total. The Morgan fingerprint density at radius 2 is 1.46 bits per heavy atom. The van der Waals surface area contributed by atoms with E-state index in [-0.39, 0.29) is 11.9 Å². The van der Waals surface area contributed by atoms with Crippen LogP contribution in [0.25, 0.3) is 0 Å². The zero-order valence-electron chi connectivity index (χ0n) is 16.3. The van der Waals surface area contributed by atoms with E-state index in [1.807, 2.05) is 43.3 Å². The Morgan fingerprint density at radius 1 is 0.893 bits per heavy atom. The number of piperazine rings is 1. The standard InChI is InChI=1S/C22H28N4O2/c1-18(21(27)24-22(28)23-16-19-8-4-2-5-9-19)26-14-12-25(13-15-26)17-20-10-6-3-7-11-20/h2-11,18H,12-17H2,1H3,(H2,23,24,27,28)/t18-/m0/s1. The van der Waals surface area contributed by atoms with Crippen LogP contribution in [0.15, 0.2) is 60.7 Å². The third-order valence-electron chi connectivity index (χ3n) is 5.12. The quantitative estimate of drug-likeness (QED) is 0.807. The molecule has 28 heavy (non-hydrogen) atoms. The SMILES string of the molecule is C[C@@H](C(=O)NC(=O)NCc1ccccc1)N1CCN(Cc2ccccc2)CC1. The molecule has 0 spiro atoms. The van der Waals surface area contributed by atoms with Crippen molar-refractivity contribution in [2.75, 3.05) is 26.2 Å². The smallest absolute Gasteiger partial charge is 0.321 e. The van der Waals surface area contributed by atoms with Crippen molar-refractivity contribution in [3.8, 4) is 0 Å². The highest BCUT2D eigenvalue weighted by Crippen LogP contribution is 2.10. The van der Waals surface area contributed by atoms with E-state index in [0.29, 0.717) is 6.54 Å². The maximum Gasteiger partial charge on any atom is 0.321 e. The number of nitrogens with zero attached hydrogens (tertiary/aromatic N) is 2. The Balaban J connectivity index is 1.39. The van der Waals surface area contributed by atoms with Gasteiger partial charge in [-0.3, -0.25) is 19.9 Å². The Morgan fingerprint density at radius 3 is 2.07 bits per heavy atom. The van der Waals surface area contributed by atoms with Crippen LogP contribution < -0.4 is 10.6 Å². The summed E-state index contributed by atoms with van der Waals surface area (Å²) in [5, 5.41) is 5.18. The molecule has 6 heteroatoms. The van der Waals surface area contributed by atoms with E-state index < -0.39 is 6.03 Å². The number of amides is 3. The molecule has 0 bridgehead atoms. The van der Waals surface area contributed by atoms with Crippen LogP contribution in [-0.2, 0) is 17.9 Å². The van der Waals surface area contributed by atoms with Crippen LogP contribution in [-0.4, -0.2) is 54.0 Å². The van der Waals surface area contributed by atoms with Gasteiger partial charge in [0.1, 0.15) is 0 Å². The van der Waals surface area contributed by atoms with E-state index in [0.717, 1.165) is 38.3 Å². The van der Waals surface area contributed by atoms with Gasteiger partial charge in [-0.2, -0.15) is 0 Å². The minimum absolute atomic E-state index is 0.262. The molecule has 2 aromatic rings. The number of carbonyl (C=O) groups excluding carboxylic acids is 2. The number of urea groups is 1. The Hall–Kier alpha value is -2.70. The first-order valence-corrected chi connectivity index (χ1v) is 9.75. The number of imide groups is 1. The molecule has 2 aromatic carbocycles. The molecular formula is C22H28N4O2. The van der Waals surface area contributed by atoms with E-state index in [9.17, 15) is 9.59 Å². The highest BCUT2D eigenvalue weighted by molar-refractivity contribution is 5.96. The highest BCUT2D eigenvalue weighted by atomic mass is 16.2. The lowest BCUT2D eigenvalue weighted by Crippen LogP contribution is -2.55. The lowest BCUT2D eigenvalue weighted by Gasteiger charge is -2.37. The number of hydrogen-bond donors (Lipinski definition) is 2. The lowest BCUT2D eigenvalue weighted by molar-refractivity contribution is -0.125. The predicted molar refractivity (Wildman–Crippen MR) is 110 cm³/mol. The number of rotatable bonds is 6. The molecule has 0 radical (unpaired) electrons. The summed E-state index contributed by atoms with van der Waals surface area (Å²) < 4.78 is 0. The highest BCUT2D eigenvalue weighted by Gasteiger charge is 2.26. The van der Waals surface area contributed by atoms with Crippen molar-refractivity contribution in [1.82, 2.24) is 20.4 Å². The molecule has 1 atom stereocenters. The van der Waals surface area contributed by atoms with Crippen molar-refractivity contribution < 1.29 is 9.59 Å². The summed E-state index contributed by atoms with van der Waals surface area (Å²) in [5.74, 6) is -0.262. The summed E-state index contributed by atoms with van der Waals surface area (Å²) in [7, 11) is 0. The van der Waals surface area contributed by atoms with E-state index >= 15 is 0 Å². The van der Waals surface area contributed by atoms with Crippen molar-refractivity contribution in [2.24, 2.45) is 0 Å². The van der Waals surface area contributed by atoms with Gasteiger partial charge in [0.25, 0.3) is 0 Å². The van der Waals surface area contributed by atoms with Crippen molar-refractivity contribution >= 4 is 11.9 Å². The topological polar surface area (TPSA) is 64.7 Å². The van der Waals surface area contributed by atoms with Gasteiger partial charge in [0, 0.05) is 39.3 Å². The maximum absolute atomic E-state index is 12.4. The molecule has 0 aromatic heterocycles. The third kappa shape index (κ3) is 5.90. The van der Waals surface area contributed by atoms with E-state index in [1.165, 1.54) is 5.56 Å². The van der Waals surface area contributed by atoms with Gasteiger partial charge in [0.15, 0.2) is 0 Å². The van der Waals surface area contributed by atoms with Crippen molar-refractivity contribution in [2.45, 2.75) is 26.1 Å². The van der Waals surface area contributed by atoms with Gasteiger partial charge < -0.3 is 5.32 Å². The summed E-state index contributed by atoms with van der Waals surface area (Å²) in [4.78, 5) is 28.9. The minimum Gasteiger partial charge on any atom is -0.334 e. The van der Waals surface area contributed by atoms with Crippen molar-refractivity contribution in [3.63, 3.8) is 0 Å². The second kappa shape index (κ2) is 10.0. The van der Waals surface area contributed by atoms with Crippen LogP contribution in [0.4, 0.5) is 4.79 Å².